The Morgan fingerprint density at radius 3 is 2.38 bits per heavy atom. The summed E-state index contributed by atoms with van der Waals surface area (Å²) in [4.78, 5) is 24.6. The molecule has 5 nitrogen and oxygen atoms in total. The highest BCUT2D eigenvalue weighted by Gasteiger charge is 2.24. The van der Waals surface area contributed by atoms with Crippen molar-refractivity contribution in [1.82, 2.24) is 4.90 Å². The summed E-state index contributed by atoms with van der Waals surface area (Å²) in [5.74, 6) is -0.918. The van der Waals surface area contributed by atoms with Crippen LogP contribution in [-0.2, 0) is 16.0 Å². The summed E-state index contributed by atoms with van der Waals surface area (Å²) in [6.07, 6.45) is 2.27. The van der Waals surface area contributed by atoms with Crippen LogP contribution in [0, 0.1) is 0 Å². The molecular weight excluding hydrogens is 270 g/mol. The van der Waals surface area contributed by atoms with Gasteiger partial charge in [-0.15, -0.1) is 0 Å². The molecule has 2 rings (SSSR count). The van der Waals surface area contributed by atoms with Crippen LogP contribution >= 0.6 is 0 Å². The number of carbonyl (C=O) groups excluding carboxylic acids is 1. The van der Waals surface area contributed by atoms with Crippen LogP contribution in [0.25, 0.3) is 0 Å². The number of rotatable bonds is 5. The largest absolute Gasteiger partial charge is 0.480 e. The van der Waals surface area contributed by atoms with Crippen molar-refractivity contribution in [2.75, 3.05) is 19.7 Å². The van der Waals surface area contributed by atoms with Crippen LogP contribution in [0.1, 0.15) is 35.7 Å². The molecule has 1 aromatic carbocycles. The molecule has 1 fully saturated rings. The van der Waals surface area contributed by atoms with E-state index in [2.05, 4.69) is 6.92 Å². The van der Waals surface area contributed by atoms with Crippen molar-refractivity contribution in [3.8, 4) is 0 Å². The van der Waals surface area contributed by atoms with Crippen LogP contribution < -0.4 is 0 Å². The molecule has 0 unspecified atom stereocenters. The van der Waals surface area contributed by atoms with Crippen molar-refractivity contribution >= 4 is 11.9 Å². The number of nitrogens with zero attached hydrogens (tertiary/aromatic N) is 1. The van der Waals surface area contributed by atoms with Gasteiger partial charge in [0.05, 0.1) is 6.10 Å². The summed E-state index contributed by atoms with van der Waals surface area (Å²) in [5, 5.41) is 8.59. The predicted molar refractivity (Wildman–Crippen MR) is 78.3 cm³/mol. The molecular formula is C16H21NO4. The maximum atomic E-state index is 12.4. The first kappa shape index (κ1) is 15.5. The number of ether oxygens (including phenoxy) is 1. The van der Waals surface area contributed by atoms with Crippen molar-refractivity contribution in [1.29, 1.82) is 0 Å². The number of carboxylic acids is 1. The Kier molecular flexibility index (Phi) is 5.33. The lowest BCUT2D eigenvalue weighted by atomic mass is 10.0. The molecule has 0 saturated carbocycles. The molecule has 0 aliphatic carbocycles. The van der Waals surface area contributed by atoms with Crippen molar-refractivity contribution in [3.63, 3.8) is 0 Å². The van der Waals surface area contributed by atoms with Crippen LogP contribution in [0.5, 0.6) is 0 Å². The Morgan fingerprint density at radius 1 is 1.24 bits per heavy atom. The SMILES string of the molecule is CCc1ccc(C(=O)N2CCC(OCC(=O)O)CC2)cc1. The zero-order valence-electron chi connectivity index (χ0n) is 12.2. The summed E-state index contributed by atoms with van der Waals surface area (Å²) in [6, 6.07) is 7.70. The number of hydrogen-bond donors (Lipinski definition) is 1. The minimum atomic E-state index is -0.954. The van der Waals surface area contributed by atoms with E-state index in [1.165, 1.54) is 5.56 Å². The van der Waals surface area contributed by atoms with Crippen molar-refractivity contribution < 1.29 is 19.4 Å². The van der Waals surface area contributed by atoms with Gasteiger partial charge in [-0.2, -0.15) is 0 Å². The number of carbonyl (C=O) groups is 2. The minimum absolute atomic E-state index is 0.0364. The van der Waals surface area contributed by atoms with E-state index < -0.39 is 5.97 Å². The minimum Gasteiger partial charge on any atom is -0.480 e. The number of likely N-dealkylation sites (tertiary alicyclic amines) is 1. The lowest BCUT2D eigenvalue weighted by Crippen LogP contribution is -2.41. The molecule has 1 aliphatic rings. The van der Waals surface area contributed by atoms with E-state index in [1.54, 1.807) is 0 Å². The number of aliphatic carboxylic acids is 1. The molecule has 1 heterocycles. The monoisotopic (exact) mass is 291 g/mol. The van der Waals surface area contributed by atoms with Gasteiger partial charge in [0.1, 0.15) is 6.61 Å². The number of hydrogen-bond acceptors (Lipinski definition) is 3. The van der Waals surface area contributed by atoms with Gasteiger partial charge in [0.25, 0.3) is 5.91 Å². The first-order valence-corrected chi connectivity index (χ1v) is 7.31. The highest BCUT2D eigenvalue weighted by atomic mass is 16.5. The molecule has 1 saturated heterocycles. The molecule has 1 aromatic rings. The number of amides is 1. The normalized spacial score (nSPS) is 16.0. The molecule has 0 aromatic heterocycles. The van der Waals surface area contributed by atoms with Crippen LogP contribution in [0.4, 0.5) is 0 Å². The second-order valence-corrected chi connectivity index (χ2v) is 5.25. The van der Waals surface area contributed by atoms with E-state index in [0.717, 1.165) is 6.42 Å². The van der Waals surface area contributed by atoms with Gasteiger partial charge in [0.15, 0.2) is 0 Å². The molecule has 21 heavy (non-hydrogen) atoms. The average Bonchev–Trinajstić information content (AvgIpc) is 2.53. The number of piperidine rings is 1. The van der Waals surface area contributed by atoms with Gasteiger partial charge in [-0.1, -0.05) is 19.1 Å². The van der Waals surface area contributed by atoms with Gasteiger partial charge in [-0.05, 0) is 37.0 Å². The lowest BCUT2D eigenvalue weighted by Gasteiger charge is -2.31. The third kappa shape index (κ3) is 4.29. The molecule has 0 atom stereocenters. The molecule has 5 heteroatoms. The molecule has 1 N–H and O–H groups in total. The summed E-state index contributed by atoms with van der Waals surface area (Å²) in [5.41, 5.74) is 1.92. The topological polar surface area (TPSA) is 66.8 Å². The highest BCUT2D eigenvalue weighted by Crippen LogP contribution is 2.17. The Labute approximate surface area is 124 Å². The third-order valence-corrected chi connectivity index (χ3v) is 3.78. The van der Waals surface area contributed by atoms with Crippen molar-refractivity contribution in [2.45, 2.75) is 32.3 Å². The van der Waals surface area contributed by atoms with E-state index in [1.807, 2.05) is 29.2 Å². The predicted octanol–water partition coefficient (Wildman–Crippen LogP) is 1.95. The quantitative estimate of drug-likeness (QED) is 0.900. The van der Waals surface area contributed by atoms with Crippen molar-refractivity contribution in [3.05, 3.63) is 35.4 Å². The molecule has 1 amide bonds. The van der Waals surface area contributed by atoms with Crippen LogP contribution in [0.15, 0.2) is 24.3 Å². The van der Waals surface area contributed by atoms with Gasteiger partial charge in [-0.25, -0.2) is 4.79 Å². The number of aryl methyl sites for hydroxylation is 1. The molecule has 0 spiro atoms. The fraction of sp³-hybridized carbons (Fsp3) is 0.500. The fourth-order valence-corrected chi connectivity index (χ4v) is 2.48. The zero-order chi connectivity index (χ0) is 15.2. The average molecular weight is 291 g/mol. The Hall–Kier alpha value is -1.88. The fourth-order valence-electron chi connectivity index (χ4n) is 2.48. The first-order valence-electron chi connectivity index (χ1n) is 7.31. The lowest BCUT2D eigenvalue weighted by molar-refractivity contribution is -0.145. The Morgan fingerprint density at radius 2 is 1.86 bits per heavy atom. The van der Waals surface area contributed by atoms with E-state index in [-0.39, 0.29) is 18.6 Å². The Balaban J connectivity index is 1.86. The van der Waals surface area contributed by atoms with Gasteiger partial charge in [0.2, 0.25) is 0 Å². The smallest absolute Gasteiger partial charge is 0.329 e. The third-order valence-electron chi connectivity index (χ3n) is 3.78. The van der Waals surface area contributed by atoms with Crippen molar-refractivity contribution in [2.24, 2.45) is 0 Å². The van der Waals surface area contributed by atoms with E-state index in [0.29, 0.717) is 31.5 Å². The van der Waals surface area contributed by atoms with E-state index >= 15 is 0 Å². The summed E-state index contributed by atoms with van der Waals surface area (Å²) >= 11 is 0. The van der Waals surface area contributed by atoms with E-state index in [9.17, 15) is 9.59 Å². The second kappa shape index (κ2) is 7.22. The maximum absolute atomic E-state index is 12.4. The molecule has 0 radical (unpaired) electrons. The zero-order valence-corrected chi connectivity index (χ0v) is 12.2. The highest BCUT2D eigenvalue weighted by molar-refractivity contribution is 5.94. The van der Waals surface area contributed by atoms with Gasteiger partial charge in [-0.3, -0.25) is 4.79 Å². The summed E-state index contributed by atoms with van der Waals surface area (Å²) < 4.78 is 5.27. The number of carboxylic acid groups (broad SMARTS) is 1. The van der Waals surface area contributed by atoms with Crippen LogP contribution in [0.3, 0.4) is 0 Å². The standard InChI is InChI=1S/C16H21NO4/c1-2-12-3-5-13(6-4-12)16(20)17-9-7-14(8-10-17)21-11-15(18)19/h3-6,14H,2,7-11H2,1H3,(H,18,19). The van der Waals surface area contributed by atoms with Gasteiger partial charge >= 0.3 is 5.97 Å². The van der Waals surface area contributed by atoms with Gasteiger partial charge < -0.3 is 14.7 Å². The molecule has 114 valence electrons. The molecule has 0 bridgehead atoms. The summed E-state index contributed by atoms with van der Waals surface area (Å²) in [6.45, 7) is 3.03. The molecule has 1 aliphatic heterocycles. The van der Waals surface area contributed by atoms with Crippen LogP contribution in [-0.4, -0.2) is 47.7 Å². The summed E-state index contributed by atoms with van der Waals surface area (Å²) in [7, 11) is 0. The van der Waals surface area contributed by atoms with Crippen LogP contribution in [0.2, 0.25) is 0 Å². The Bertz CT molecular complexity index is 490. The van der Waals surface area contributed by atoms with Gasteiger partial charge in [0, 0.05) is 18.7 Å². The maximum Gasteiger partial charge on any atom is 0.329 e. The second-order valence-electron chi connectivity index (χ2n) is 5.25. The first-order chi connectivity index (χ1) is 10.1. The number of benzene rings is 1. The van der Waals surface area contributed by atoms with E-state index in [4.69, 9.17) is 9.84 Å².